The minimum Gasteiger partial charge on any atom is -0.509 e. The van der Waals surface area contributed by atoms with E-state index in [1.807, 2.05) is 13.1 Å². The van der Waals surface area contributed by atoms with Crippen molar-refractivity contribution in [2.45, 2.75) is 19.8 Å². The molecule has 0 aliphatic heterocycles. The third-order valence-corrected chi connectivity index (χ3v) is 1.62. The molecule has 0 unspecified atom stereocenters. The highest BCUT2D eigenvalue weighted by Gasteiger charge is 1.90. The molecule has 0 fully saturated rings. The summed E-state index contributed by atoms with van der Waals surface area (Å²) in [6, 6.07) is 0. The first-order chi connectivity index (χ1) is 6.20. The number of hydrogen-bond donors (Lipinski definition) is 2. The van der Waals surface area contributed by atoms with Gasteiger partial charge in [0.2, 0.25) is 0 Å². The highest BCUT2D eigenvalue weighted by molar-refractivity contribution is 5.23. The van der Waals surface area contributed by atoms with Crippen LogP contribution in [0.5, 0.6) is 0 Å². The molecule has 0 aliphatic rings. The van der Waals surface area contributed by atoms with Crippen molar-refractivity contribution in [3.05, 3.63) is 36.1 Å². The summed E-state index contributed by atoms with van der Waals surface area (Å²) in [6.07, 6.45) is 7.67. The van der Waals surface area contributed by atoms with E-state index in [-0.39, 0.29) is 5.76 Å². The van der Waals surface area contributed by atoms with Gasteiger partial charge in [-0.1, -0.05) is 31.2 Å². The van der Waals surface area contributed by atoms with E-state index >= 15 is 0 Å². The van der Waals surface area contributed by atoms with Crippen LogP contribution < -0.4 is 5.32 Å². The Morgan fingerprint density at radius 3 is 2.62 bits per heavy atom. The summed E-state index contributed by atoms with van der Waals surface area (Å²) in [7, 11) is 1.93. The van der Waals surface area contributed by atoms with Crippen LogP contribution in [-0.2, 0) is 0 Å². The van der Waals surface area contributed by atoms with Gasteiger partial charge >= 0.3 is 0 Å². The minimum atomic E-state index is 0.103. The molecule has 74 valence electrons. The van der Waals surface area contributed by atoms with E-state index < -0.39 is 0 Å². The number of aliphatic hydroxyl groups is 1. The molecule has 0 aromatic carbocycles. The molecule has 0 saturated heterocycles. The SMILES string of the molecule is C=C(O)/C=C\C(=C/CC)CCNC. The monoisotopic (exact) mass is 181 g/mol. The zero-order valence-corrected chi connectivity index (χ0v) is 8.51. The first kappa shape index (κ1) is 12.0. The van der Waals surface area contributed by atoms with Crippen LogP contribution >= 0.6 is 0 Å². The molecular weight excluding hydrogens is 162 g/mol. The molecule has 0 heterocycles. The molecule has 2 N–H and O–H groups in total. The summed E-state index contributed by atoms with van der Waals surface area (Å²) in [5.41, 5.74) is 1.23. The lowest BCUT2D eigenvalue weighted by atomic mass is 10.1. The van der Waals surface area contributed by atoms with E-state index in [9.17, 15) is 0 Å². The van der Waals surface area contributed by atoms with Crippen LogP contribution in [0.3, 0.4) is 0 Å². The van der Waals surface area contributed by atoms with Crippen molar-refractivity contribution in [3.8, 4) is 0 Å². The highest BCUT2D eigenvalue weighted by atomic mass is 16.3. The van der Waals surface area contributed by atoms with E-state index in [4.69, 9.17) is 5.11 Å². The van der Waals surface area contributed by atoms with Crippen molar-refractivity contribution < 1.29 is 5.11 Å². The van der Waals surface area contributed by atoms with Gasteiger partial charge in [0.25, 0.3) is 0 Å². The third kappa shape index (κ3) is 7.34. The normalized spacial score (nSPS) is 12.3. The smallest absolute Gasteiger partial charge is 0.108 e. The summed E-state index contributed by atoms with van der Waals surface area (Å²) in [4.78, 5) is 0. The maximum atomic E-state index is 8.87. The molecule has 0 amide bonds. The molecule has 2 heteroatoms. The Kier molecular flexibility index (Phi) is 7.02. The Hall–Kier alpha value is -1.02. The Balaban J connectivity index is 4.10. The second-order valence-electron chi connectivity index (χ2n) is 2.87. The van der Waals surface area contributed by atoms with E-state index in [0.717, 1.165) is 19.4 Å². The molecule has 0 atom stereocenters. The molecule has 0 saturated carbocycles. The summed E-state index contributed by atoms with van der Waals surface area (Å²) in [5, 5.41) is 12.0. The molecule has 13 heavy (non-hydrogen) atoms. The van der Waals surface area contributed by atoms with Crippen molar-refractivity contribution in [3.63, 3.8) is 0 Å². The highest BCUT2D eigenvalue weighted by Crippen LogP contribution is 2.05. The lowest BCUT2D eigenvalue weighted by Crippen LogP contribution is -2.07. The first-order valence-electron chi connectivity index (χ1n) is 4.60. The fourth-order valence-corrected chi connectivity index (χ4v) is 0.988. The maximum absolute atomic E-state index is 8.87. The van der Waals surface area contributed by atoms with Crippen molar-refractivity contribution in [2.24, 2.45) is 0 Å². The van der Waals surface area contributed by atoms with Crippen LogP contribution in [0.4, 0.5) is 0 Å². The van der Waals surface area contributed by atoms with E-state index in [0.29, 0.717) is 0 Å². The summed E-state index contributed by atoms with van der Waals surface area (Å²) < 4.78 is 0. The van der Waals surface area contributed by atoms with Gasteiger partial charge in [0, 0.05) is 0 Å². The van der Waals surface area contributed by atoms with Crippen LogP contribution in [0.25, 0.3) is 0 Å². The minimum absolute atomic E-state index is 0.103. The van der Waals surface area contributed by atoms with Crippen LogP contribution in [0.2, 0.25) is 0 Å². The molecule has 2 nitrogen and oxygen atoms in total. The summed E-state index contributed by atoms with van der Waals surface area (Å²) in [6.45, 7) is 6.44. The molecule has 0 aromatic heterocycles. The van der Waals surface area contributed by atoms with Crippen LogP contribution in [0, 0.1) is 0 Å². The van der Waals surface area contributed by atoms with Crippen LogP contribution in [-0.4, -0.2) is 18.7 Å². The second kappa shape index (κ2) is 7.62. The van der Waals surface area contributed by atoms with Crippen molar-refractivity contribution in [1.29, 1.82) is 0 Å². The topological polar surface area (TPSA) is 32.3 Å². The molecular formula is C11H19NO. The first-order valence-corrected chi connectivity index (χ1v) is 4.60. The lowest BCUT2D eigenvalue weighted by Gasteiger charge is -2.00. The average molecular weight is 181 g/mol. The summed E-state index contributed by atoms with van der Waals surface area (Å²) >= 11 is 0. The molecule has 0 bridgehead atoms. The van der Waals surface area contributed by atoms with E-state index in [2.05, 4.69) is 24.9 Å². The Labute approximate surface area is 80.7 Å². The van der Waals surface area contributed by atoms with Gasteiger partial charge in [-0.15, -0.1) is 0 Å². The molecule has 0 aromatic rings. The predicted octanol–water partition coefficient (Wildman–Crippen LogP) is 2.56. The van der Waals surface area contributed by atoms with Crippen LogP contribution in [0.15, 0.2) is 36.1 Å². The number of hydrogen-bond acceptors (Lipinski definition) is 2. The van der Waals surface area contributed by atoms with Gasteiger partial charge in [-0.05, 0) is 32.5 Å². The molecule has 0 radical (unpaired) electrons. The number of aliphatic hydroxyl groups excluding tert-OH is 1. The lowest BCUT2D eigenvalue weighted by molar-refractivity contribution is 0.435. The Morgan fingerprint density at radius 2 is 2.15 bits per heavy atom. The number of rotatable bonds is 6. The molecule has 0 spiro atoms. The fraction of sp³-hybridized carbons (Fsp3) is 0.455. The van der Waals surface area contributed by atoms with Gasteiger partial charge in [0.05, 0.1) is 0 Å². The van der Waals surface area contributed by atoms with Crippen molar-refractivity contribution in [1.82, 2.24) is 5.32 Å². The van der Waals surface area contributed by atoms with Gasteiger partial charge in [-0.2, -0.15) is 0 Å². The van der Waals surface area contributed by atoms with Gasteiger partial charge in [-0.25, -0.2) is 0 Å². The van der Waals surface area contributed by atoms with E-state index in [1.165, 1.54) is 5.57 Å². The zero-order valence-electron chi connectivity index (χ0n) is 8.51. The average Bonchev–Trinajstić information content (AvgIpc) is 2.09. The van der Waals surface area contributed by atoms with Crippen molar-refractivity contribution in [2.75, 3.05) is 13.6 Å². The third-order valence-electron chi connectivity index (χ3n) is 1.62. The van der Waals surface area contributed by atoms with Crippen LogP contribution in [0.1, 0.15) is 19.8 Å². The maximum Gasteiger partial charge on any atom is 0.108 e. The van der Waals surface area contributed by atoms with Gasteiger partial charge in [0.15, 0.2) is 0 Å². The van der Waals surface area contributed by atoms with Gasteiger partial charge < -0.3 is 10.4 Å². The van der Waals surface area contributed by atoms with E-state index in [1.54, 1.807) is 6.08 Å². The van der Waals surface area contributed by atoms with Gasteiger partial charge in [0.1, 0.15) is 5.76 Å². The zero-order chi connectivity index (χ0) is 10.1. The van der Waals surface area contributed by atoms with Gasteiger partial charge in [-0.3, -0.25) is 0 Å². The quantitative estimate of drug-likeness (QED) is 0.487. The standard InChI is InChI=1S/C11H19NO/c1-4-5-11(8-9-12-3)7-6-10(2)13/h5-7,12-13H,2,4,8-9H2,1,3H3/b7-6-,11-5+. The second-order valence-corrected chi connectivity index (χ2v) is 2.87. The Bertz CT molecular complexity index is 204. The molecule has 0 aliphatic carbocycles. The predicted molar refractivity (Wildman–Crippen MR) is 57.8 cm³/mol. The Morgan fingerprint density at radius 1 is 1.46 bits per heavy atom. The number of nitrogens with one attached hydrogen (secondary N) is 1. The summed E-state index contributed by atoms with van der Waals surface area (Å²) in [5.74, 6) is 0.103. The number of allylic oxidation sites excluding steroid dienone is 3. The van der Waals surface area contributed by atoms with Crippen molar-refractivity contribution >= 4 is 0 Å². The molecule has 0 rings (SSSR count). The largest absolute Gasteiger partial charge is 0.509 e. The fourth-order valence-electron chi connectivity index (χ4n) is 0.988.